The van der Waals surface area contributed by atoms with Crippen LogP contribution in [0.25, 0.3) is 0 Å². The minimum Gasteiger partial charge on any atom is -0.481 e. The normalized spacial score (nSPS) is 13.7. The fraction of sp³-hybridized carbons (Fsp3) is 0.533. The number of halogens is 1. The van der Waals surface area contributed by atoms with Crippen molar-refractivity contribution in [1.82, 2.24) is 4.90 Å². The Bertz CT molecular complexity index is 459. The highest BCUT2D eigenvalue weighted by Gasteiger charge is 2.21. The summed E-state index contributed by atoms with van der Waals surface area (Å²) in [5, 5.41) is 0. The predicted molar refractivity (Wildman–Crippen MR) is 84.8 cm³/mol. The Morgan fingerprint density at radius 1 is 1.35 bits per heavy atom. The van der Waals surface area contributed by atoms with Crippen LogP contribution < -0.4 is 10.5 Å². The quantitative estimate of drug-likeness (QED) is 0.864. The number of ether oxygens (including phenoxy) is 1. The lowest BCUT2D eigenvalue weighted by atomic mass is 10.1. The first-order valence-corrected chi connectivity index (χ1v) is 7.70. The van der Waals surface area contributed by atoms with Crippen LogP contribution in [-0.2, 0) is 4.79 Å². The minimum absolute atomic E-state index is 0.00870. The molecule has 112 valence electrons. The van der Waals surface area contributed by atoms with Crippen molar-refractivity contribution in [2.45, 2.75) is 39.8 Å². The number of nitrogens with zero attached hydrogens (tertiary/aromatic N) is 1. The first-order chi connectivity index (χ1) is 9.40. The van der Waals surface area contributed by atoms with Crippen molar-refractivity contribution in [3.63, 3.8) is 0 Å². The van der Waals surface area contributed by atoms with Gasteiger partial charge in [-0.05, 0) is 39.8 Å². The van der Waals surface area contributed by atoms with E-state index in [1.807, 2.05) is 39.0 Å². The molecule has 1 rings (SSSR count). The van der Waals surface area contributed by atoms with Gasteiger partial charge in [-0.3, -0.25) is 4.79 Å². The fourth-order valence-electron chi connectivity index (χ4n) is 2.02. The van der Waals surface area contributed by atoms with E-state index in [9.17, 15) is 4.79 Å². The van der Waals surface area contributed by atoms with Gasteiger partial charge in [0.1, 0.15) is 5.75 Å². The summed E-state index contributed by atoms with van der Waals surface area (Å²) in [6, 6.07) is 5.54. The van der Waals surface area contributed by atoms with Crippen LogP contribution in [0.4, 0.5) is 0 Å². The second-order valence-corrected chi connectivity index (χ2v) is 5.66. The number of benzene rings is 1. The molecule has 2 atom stereocenters. The molecule has 0 radical (unpaired) electrons. The molecule has 0 aliphatic rings. The lowest BCUT2D eigenvalue weighted by Gasteiger charge is -2.24. The molecule has 5 heteroatoms. The number of rotatable bonds is 6. The molecule has 1 aromatic carbocycles. The predicted octanol–water partition coefficient (Wildman–Crippen LogP) is 3.10. The van der Waals surface area contributed by atoms with E-state index in [4.69, 9.17) is 10.5 Å². The molecule has 2 N–H and O–H groups in total. The third kappa shape index (κ3) is 4.21. The maximum Gasteiger partial charge on any atom is 0.263 e. The fourth-order valence-corrected chi connectivity index (χ4v) is 2.36. The first-order valence-electron chi connectivity index (χ1n) is 6.91. The highest BCUT2D eigenvalue weighted by Crippen LogP contribution is 2.28. The molecular weight excluding hydrogens is 320 g/mol. The molecule has 2 unspecified atom stereocenters. The lowest BCUT2D eigenvalue weighted by Crippen LogP contribution is -2.40. The van der Waals surface area contributed by atoms with Gasteiger partial charge in [-0.25, -0.2) is 0 Å². The van der Waals surface area contributed by atoms with E-state index >= 15 is 0 Å². The molecule has 20 heavy (non-hydrogen) atoms. The summed E-state index contributed by atoms with van der Waals surface area (Å²) in [6.07, 6.45) is -0.526. The molecule has 0 saturated carbocycles. The smallest absolute Gasteiger partial charge is 0.263 e. The van der Waals surface area contributed by atoms with Crippen LogP contribution in [0.1, 0.15) is 39.3 Å². The second kappa shape index (κ2) is 7.64. The van der Waals surface area contributed by atoms with Gasteiger partial charge in [0.2, 0.25) is 0 Å². The van der Waals surface area contributed by atoms with Crippen LogP contribution in [0.5, 0.6) is 5.75 Å². The van der Waals surface area contributed by atoms with Gasteiger partial charge in [0.15, 0.2) is 6.10 Å². The van der Waals surface area contributed by atoms with Crippen LogP contribution in [-0.4, -0.2) is 30.0 Å². The Balaban J connectivity index is 2.92. The number of likely N-dealkylation sites (N-methyl/N-ethyl adjacent to an activating group) is 1. The van der Waals surface area contributed by atoms with Crippen molar-refractivity contribution in [1.29, 1.82) is 0 Å². The summed E-state index contributed by atoms with van der Waals surface area (Å²) in [5.74, 6) is 0.646. The zero-order valence-electron chi connectivity index (χ0n) is 12.5. The van der Waals surface area contributed by atoms with E-state index in [0.29, 0.717) is 18.8 Å². The molecule has 0 fully saturated rings. The number of hydrogen-bond acceptors (Lipinski definition) is 3. The number of hydrogen-bond donors (Lipinski definition) is 1. The topological polar surface area (TPSA) is 55.6 Å². The highest BCUT2D eigenvalue weighted by atomic mass is 79.9. The number of carbonyl (C=O) groups excluding carboxylic acids is 1. The Morgan fingerprint density at radius 2 is 1.95 bits per heavy atom. The summed E-state index contributed by atoms with van der Waals surface area (Å²) >= 11 is 3.41. The highest BCUT2D eigenvalue weighted by molar-refractivity contribution is 9.10. The van der Waals surface area contributed by atoms with Crippen molar-refractivity contribution in [2.75, 3.05) is 13.1 Å². The monoisotopic (exact) mass is 342 g/mol. The van der Waals surface area contributed by atoms with Crippen LogP contribution in [0.2, 0.25) is 0 Å². The molecule has 1 amide bonds. The molecule has 0 heterocycles. The maximum absolute atomic E-state index is 12.2. The van der Waals surface area contributed by atoms with Gasteiger partial charge in [0.25, 0.3) is 5.91 Å². The third-order valence-electron chi connectivity index (χ3n) is 3.19. The van der Waals surface area contributed by atoms with E-state index in [2.05, 4.69) is 15.9 Å². The van der Waals surface area contributed by atoms with Crippen molar-refractivity contribution in [3.05, 3.63) is 28.2 Å². The lowest BCUT2D eigenvalue weighted by molar-refractivity contribution is -0.137. The average molecular weight is 343 g/mol. The maximum atomic E-state index is 12.2. The molecular formula is C15H23BrN2O2. The SMILES string of the molecule is CCN(CC)C(=O)C(C)Oc1cc(Br)ccc1C(C)N. The standard InChI is InChI=1S/C15H23BrN2O2/c1-5-18(6-2)15(19)11(4)20-14-9-12(16)7-8-13(14)10(3)17/h7-11H,5-6,17H2,1-4H3. The van der Waals surface area contributed by atoms with E-state index in [0.717, 1.165) is 10.0 Å². The summed E-state index contributed by atoms with van der Waals surface area (Å²) in [6.45, 7) is 8.95. The van der Waals surface area contributed by atoms with Crippen LogP contribution in [0.3, 0.4) is 0 Å². The van der Waals surface area contributed by atoms with Gasteiger partial charge >= 0.3 is 0 Å². The van der Waals surface area contributed by atoms with Crippen molar-refractivity contribution < 1.29 is 9.53 Å². The zero-order chi connectivity index (χ0) is 15.3. The molecule has 0 bridgehead atoms. The largest absolute Gasteiger partial charge is 0.481 e. The molecule has 0 aliphatic carbocycles. The van der Waals surface area contributed by atoms with Crippen molar-refractivity contribution in [3.8, 4) is 5.75 Å². The van der Waals surface area contributed by atoms with Gasteiger partial charge in [0.05, 0.1) is 0 Å². The zero-order valence-corrected chi connectivity index (χ0v) is 14.1. The number of nitrogens with two attached hydrogens (primary N) is 1. The van der Waals surface area contributed by atoms with Gasteiger partial charge in [-0.15, -0.1) is 0 Å². The molecule has 0 spiro atoms. The Labute approximate surface area is 129 Å². The van der Waals surface area contributed by atoms with Gasteiger partial charge in [-0.2, -0.15) is 0 Å². The van der Waals surface area contributed by atoms with Gasteiger partial charge < -0.3 is 15.4 Å². The summed E-state index contributed by atoms with van der Waals surface area (Å²) < 4.78 is 6.74. The molecule has 0 saturated heterocycles. The first kappa shape index (κ1) is 17.0. The number of carbonyl (C=O) groups is 1. The number of amides is 1. The molecule has 4 nitrogen and oxygen atoms in total. The van der Waals surface area contributed by atoms with E-state index in [-0.39, 0.29) is 11.9 Å². The molecule has 0 aromatic heterocycles. The van der Waals surface area contributed by atoms with Crippen molar-refractivity contribution in [2.24, 2.45) is 5.73 Å². The van der Waals surface area contributed by atoms with Crippen LogP contribution >= 0.6 is 15.9 Å². The third-order valence-corrected chi connectivity index (χ3v) is 3.69. The van der Waals surface area contributed by atoms with Gasteiger partial charge in [-0.1, -0.05) is 22.0 Å². The average Bonchev–Trinajstić information content (AvgIpc) is 2.39. The Hall–Kier alpha value is -1.07. The van der Waals surface area contributed by atoms with E-state index in [1.54, 1.807) is 11.8 Å². The Kier molecular flexibility index (Phi) is 6.49. The van der Waals surface area contributed by atoms with Gasteiger partial charge in [0, 0.05) is 29.2 Å². The van der Waals surface area contributed by atoms with Crippen LogP contribution in [0.15, 0.2) is 22.7 Å². The summed E-state index contributed by atoms with van der Waals surface area (Å²) in [4.78, 5) is 14.0. The molecule has 1 aromatic rings. The van der Waals surface area contributed by atoms with Crippen molar-refractivity contribution >= 4 is 21.8 Å². The van der Waals surface area contributed by atoms with E-state index < -0.39 is 6.10 Å². The minimum atomic E-state index is -0.526. The van der Waals surface area contributed by atoms with Crippen LogP contribution in [0, 0.1) is 0 Å². The summed E-state index contributed by atoms with van der Waals surface area (Å²) in [5.41, 5.74) is 6.83. The second-order valence-electron chi connectivity index (χ2n) is 4.74. The molecule has 0 aliphatic heterocycles. The van der Waals surface area contributed by atoms with E-state index in [1.165, 1.54) is 0 Å². The summed E-state index contributed by atoms with van der Waals surface area (Å²) in [7, 11) is 0. The Morgan fingerprint density at radius 3 is 2.45 bits per heavy atom.